The van der Waals surface area contributed by atoms with Crippen molar-refractivity contribution < 1.29 is 9.59 Å². The SMILES string of the molecule is C[C@@H](c1nc2ccccc2s1)N(C)C(=O)CN1CCC[C@H](C(N)=O)C1. The van der Waals surface area contributed by atoms with Gasteiger partial charge >= 0.3 is 0 Å². The molecule has 2 heterocycles. The molecule has 25 heavy (non-hydrogen) atoms. The van der Waals surface area contributed by atoms with Gasteiger partial charge < -0.3 is 10.6 Å². The predicted molar refractivity (Wildman–Crippen MR) is 99.2 cm³/mol. The van der Waals surface area contributed by atoms with Gasteiger partial charge in [0.1, 0.15) is 5.01 Å². The van der Waals surface area contributed by atoms with Crippen LogP contribution in [0.5, 0.6) is 0 Å². The molecule has 0 unspecified atom stereocenters. The molecule has 0 spiro atoms. The van der Waals surface area contributed by atoms with Crippen molar-refractivity contribution in [2.75, 3.05) is 26.7 Å². The maximum Gasteiger partial charge on any atom is 0.237 e. The lowest BCUT2D eigenvalue weighted by Crippen LogP contribution is -2.46. The molecule has 1 aromatic carbocycles. The highest BCUT2D eigenvalue weighted by Gasteiger charge is 2.27. The van der Waals surface area contributed by atoms with Crippen LogP contribution in [0.3, 0.4) is 0 Å². The number of aromatic nitrogens is 1. The summed E-state index contributed by atoms with van der Waals surface area (Å²) in [4.78, 5) is 32.5. The number of amides is 2. The van der Waals surface area contributed by atoms with E-state index in [2.05, 4.69) is 4.98 Å². The van der Waals surface area contributed by atoms with Gasteiger partial charge in [-0.3, -0.25) is 14.5 Å². The number of carbonyl (C=O) groups is 2. The molecule has 0 aliphatic carbocycles. The fourth-order valence-corrected chi connectivity index (χ4v) is 4.25. The molecule has 6 nitrogen and oxygen atoms in total. The number of fused-ring (bicyclic) bond motifs is 1. The topological polar surface area (TPSA) is 79.5 Å². The highest BCUT2D eigenvalue weighted by Crippen LogP contribution is 2.29. The summed E-state index contributed by atoms with van der Waals surface area (Å²) in [5.74, 6) is -0.376. The second-order valence-electron chi connectivity index (χ2n) is 6.68. The summed E-state index contributed by atoms with van der Waals surface area (Å²) in [5.41, 5.74) is 6.38. The van der Waals surface area contributed by atoms with Crippen molar-refractivity contribution in [3.05, 3.63) is 29.3 Å². The molecule has 0 bridgehead atoms. The van der Waals surface area contributed by atoms with Gasteiger partial charge in [0.2, 0.25) is 11.8 Å². The molecule has 134 valence electrons. The molecule has 2 aromatic rings. The van der Waals surface area contributed by atoms with E-state index in [1.165, 1.54) is 0 Å². The summed E-state index contributed by atoms with van der Waals surface area (Å²) in [6.45, 7) is 3.72. The number of piperidine rings is 1. The normalized spacial score (nSPS) is 19.7. The van der Waals surface area contributed by atoms with Gasteiger partial charge in [0.25, 0.3) is 0 Å². The number of rotatable bonds is 5. The molecule has 2 N–H and O–H groups in total. The lowest BCUT2D eigenvalue weighted by Gasteiger charge is -2.32. The number of thiazole rings is 1. The predicted octanol–water partition coefficient (Wildman–Crippen LogP) is 2.01. The van der Waals surface area contributed by atoms with Crippen molar-refractivity contribution in [3.8, 4) is 0 Å². The summed E-state index contributed by atoms with van der Waals surface area (Å²) in [7, 11) is 1.81. The Morgan fingerprint density at radius 2 is 2.20 bits per heavy atom. The average Bonchev–Trinajstić information content (AvgIpc) is 3.04. The third-order valence-corrected chi connectivity index (χ3v) is 6.12. The molecule has 1 aliphatic heterocycles. The molecule has 2 atom stereocenters. The Hall–Kier alpha value is -1.99. The highest BCUT2D eigenvalue weighted by atomic mass is 32.1. The van der Waals surface area contributed by atoms with Gasteiger partial charge in [0.05, 0.1) is 28.7 Å². The molecule has 1 saturated heterocycles. The first-order valence-electron chi connectivity index (χ1n) is 8.58. The number of hydrogen-bond donors (Lipinski definition) is 1. The van der Waals surface area contributed by atoms with Crippen molar-refractivity contribution >= 4 is 33.4 Å². The summed E-state index contributed by atoms with van der Waals surface area (Å²) in [5, 5.41) is 0.936. The Balaban J connectivity index is 1.64. The zero-order valence-electron chi connectivity index (χ0n) is 14.6. The van der Waals surface area contributed by atoms with E-state index in [0.29, 0.717) is 13.1 Å². The summed E-state index contributed by atoms with van der Waals surface area (Å²) < 4.78 is 1.13. The molecule has 0 radical (unpaired) electrons. The van der Waals surface area contributed by atoms with Crippen LogP contribution in [0, 0.1) is 5.92 Å². The van der Waals surface area contributed by atoms with Gasteiger partial charge in [-0.1, -0.05) is 12.1 Å². The monoisotopic (exact) mass is 360 g/mol. The number of primary amides is 1. The summed E-state index contributed by atoms with van der Waals surface area (Å²) in [6, 6.07) is 7.91. The minimum atomic E-state index is -0.270. The Bertz CT molecular complexity index is 742. The quantitative estimate of drug-likeness (QED) is 0.885. The van der Waals surface area contributed by atoms with Crippen molar-refractivity contribution in [1.82, 2.24) is 14.8 Å². The van der Waals surface area contributed by atoms with Crippen molar-refractivity contribution in [2.24, 2.45) is 11.7 Å². The second kappa shape index (κ2) is 7.49. The van der Waals surface area contributed by atoms with Gasteiger partial charge in [0.15, 0.2) is 0 Å². The summed E-state index contributed by atoms with van der Waals surface area (Å²) in [6.07, 6.45) is 1.72. The largest absolute Gasteiger partial charge is 0.369 e. The maximum absolute atomic E-state index is 12.7. The first kappa shape index (κ1) is 17.8. The van der Waals surface area contributed by atoms with Crippen LogP contribution in [0.25, 0.3) is 10.2 Å². The standard InChI is InChI=1S/C18H24N4O2S/c1-12(18-20-14-7-3-4-8-15(14)25-18)21(2)16(23)11-22-9-5-6-13(10-22)17(19)24/h3-4,7-8,12-13H,5-6,9-11H2,1-2H3,(H2,19,24)/t12-,13-/m0/s1. The number of likely N-dealkylation sites (N-methyl/N-ethyl adjacent to an activating group) is 1. The van der Waals surface area contributed by atoms with Crippen LogP contribution in [0.1, 0.15) is 30.8 Å². The van der Waals surface area contributed by atoms with Gasteiger partial charge in [-0.25, -0.2) is 4.98 Å². The zero-order valence-corrected chi connectivity index (χ0v) is 15.5. The zero-order chi connectivity index (χ0) is 18.0. The van der Waals surface area contributed by atoms with E-state index in [1.54, 1.807) is 16.2 Å². The fourth-order valence-electron chi connectivity index (χ4n) is 3.18. The Morgan fingerprint density at radius 3 is 2.92 bits per heavy atom. The maximum atomic E-state index is 12.7. The van der Waals surface area contributed by atoms with Crippen LogP contribution in [0.4, 0.5) is 0 Å². The van der Waals surface area contributed by atoms with Crippen LogP contribution in [-0.2, 0) is 9.59 Å². The smallest absolute Gasteiger partial charge is 0.237 e. The van der Waals surface area contributed by atoms with Gasteiger partial charge in [-0.15, -0.1) is 11.3 Å². The number of nitrogens with two attached hydrogens (primary N) is 1. The van der Waals surface area contributed by atoms with E-state index in [9.17, 15) is 9.59 Å². The number of hydrogen-bond acceptors (Lipinski definition) is 5. The molecule has 1 aromatic heterocycles. The Morgan fingerprint density at radius 1 is 1.44 bits per heavy atom. The van der Waals surface area contributed by atoms with Crippen LogP contribution in [0.2, 0.25) is 0 Å². The first-order chi connectivity index (χ1) is 12.0. The second-order valence-corrected chi connectivity index (χ2v) is 7.74. The van der Waals surface area contributed by atoms with E-state index in [4.69, 9.17) is 5.73 Å². The minimum Gasteiger partial charge on any atom is -0.369 e. The molecule has 1 fully saturated rings. The number of para-hydroxylation sites is 1. The van der Waals surface area contributed by atoms with Crippen molar-refractivity contribution in [1.29, 1.82) is 0 Å². The summed E-state index contributed by atoms with van der Waals surface area (Å²) >= 11 is 1.62. The lowest BCUT2D eigenvalue weighted by molar-refractivity contribution is -0.134. The van der Waals surface area contributed by atoms with Crippen molar-refractivity contribution in [2.45, 2.75) is 25.8 Å². The minimum absolute atomic E-state index is 0.0388. The third-order valence-electron chi connectivity index (χ3n) is 4.91. The highest BCUT2D eigenvalue weighted by molar-refractivity contribution is 7.18. The Kier molecular flexibility index (Phi) is 5.34. The number of carbonyl (C=O) groups excluding carboxylic acids is 2. The van der Waals surface area contributed by atoms with Gasteiger partial charge in [-0.2, -0.15) is 0 Å². The van der Waals surface area contributed by atoms with E-state index in [-0.39, 0.29) is 23.8 Å². The van der Waals surface area contributed by atoms with Crippen molar-refractivity contribution in [3.63, 3.8) is 0 Å². The van der Waals surface area contributed by atoms with Crippen LogP contribution in [-0.4, -0.2) is 53.3 Å². The average molecular weight is 360 g/mol. The molecule has 0 saturated carbocycles. The van der Waals surface area contributed by atoms with Crippen LogP contribution >= 0.6 is 11.3 Å². The van der Waals surface area contributed by atoms with Gasteiger partial charge in [-0.05, 0) is 38.4 Å². The first-order valence-corrected chi connectivity index (χ1v) is 9.40. The van der Waals surface area contributed by atoms with Gasteiger partial charge in [0, 0.05) is 13.6 Å². The van der Waals surface area contributed by atoms with Crippen LogP contribution < -0.4 is 5.73 Å². The third kappa shape index (κ3) is 3.99. The molecule has 7 heteroatoms. The molecular formula is C18H24N4O2S. The number of benzene rings is 1. The molecule has 1 aliphatic rings. The fraction of sp³-hybridized carbons (Fsp3) is 0.500. The Labute approximate surface area is 151 Å². The van der Waals surface area contributed by atoms with E-state index in [0.717, 1.165) is 34.6 Å². The van der Waals surface area contributed by atoms with E-state index in [1.807, 2.05) is 43.1 Å². The molecule has 2 amide bonds. The van der Waals surface area contributed by atoms with E-state index >= 15 is 0 Å². The number of nitrogens with zero attached hydrogens (tertiary/aromatic N) is 3. The van der Waals surface area contributed by atoms with E-state index < -0.39 is 0 Å². The molecular weight excluding hydrogens is 336 g/mol. The number of likely N-dealkylation sites (tertiary alicyclic amines) is 1. The van der Waals surface area contributed by atoms with Crippen LogP contribution in [0.15, 0.2) is 24.3 Å². The molecule has 3 rings (SSSR count). The lowest BCUT2D eigenvalue weighted by atomic mass is 9.97.